The third kappa shape index (κ3) is 54.0. The fourth-order valence-corrected chi connectivity index (χ4v) is 5.97. The Morgan fingerprint density at radius 1 is 0.641 bits per heavy atom. The zero-order valence-corrected chi connectivity index (χ0v) is 47.0. The second-order valence-electron chi connectivity index (χ2n) is 15.8. The van der Waals surface area contributed by atoms with E-state index in [0.717, 1.165) is 6.54 Å². The lowest BCUT2D eigenvalue weighted by Gasteiger charge is -2.17. The topological polar surface area (TPSA) is 651 Å². The van der Waals surface area contributed by atoms with E-state index in [2.05, 4.69) is 25.0 Å². The maximum absolute atomic E-state index is 10.5. The molecule has 3 aliphatic rings. The van der Waals surface area contributed by atoms with E-state index in [1.807, 2.05) is 6.92 Å². The van der Waals surface area contributed by atoms with Gasteiger partial charge in [0.2, 0.25) is 0 Å². The smallest absolute Gasteiger partial charge is 0.481 e. The van der Waals surface area contributed by atoms with Crippen molar-refractivity contribution in [3.63, 3.8) is 0 Å². The number of nitrogens with one attached hydrogen (secondary N) is 3. The van der Waals surface area contributed by atoms with Gasteiger partial charge in [0.05, 0.1) is 58.2 Å². The number of hydrogen-bond acceptors (Lipinski definition) is 22. The minimum Gasteiger partial charge on any atom is -0.481 e. The highest BCUT2D eigenvalue weighted by molar-refractivity contribution is 7.38. The summed E-state index contributed by atoms with van der Waals surface area (Å²) in [6.07, 6.45) is 0.515. The Morgan fingerprint density at radius 3 is 1.33 bits per heavy atom. The summed E-state index contributed by atoms with van der Waals surface area (Å²) in [4.78, 5) is 106. The summed E-state index contributed by atoms with van der Waals surface area (Å²) in [7, 11) is -1.26. The van der Waals surface area contributed by atoms with Crippen LogP contribution >= 0.6 is 16.1 Å². The first-order valence-electron chi connectivity index (χ1n) is 22.8. The normalized spacial score (nSPS) is 12.9. The molecule has 0 aromatic heterocycles. The van der Waals surface area contributed by atoms with Gasteiger partial charge in [0.25, 0.3) is 12.6 Å². The number of carboxylic acids is 3. The van der Waals surface area contributed by atoms with Crippen molar-refractivity contribution in [3.8, 4) is 0 Å². The number of nitrogens with zero attached hydrogens (tertiary/aromatic N) is 11. The molecular weight excluding hydrogens is 1070 g/mol. The Hall–Kier alpha value is -8.30. The van der Waals surface area contributed by atoms with Gasteiger partial charge in [0.1, 0.15) is 23.9 Å². The molecule has 0 bridgehead atoms. The summed E-state index contributed by atoms with van der Waals surface area (Å²) in [5.41, 5.74) is 51.3. The van der Waals surface area contributed by atoms with Crippen molar-refractivity contribution in [1.29, 1.82) is 16.2 Å². The Bertz CT molecular complexity index is 2020. The van der Waals surface area contributed by atoms with Gasteiger partial charge in [0, 0.05) is 53.2 Å². The van der Waals surface area contributed by atoms with Crippen LogP contribution in [0.2, 0.25) is 0 Å². The lowest BCUT2D eigenvalue weighted by atomic mass is 10.2. The molecule has 0 aliphatic carbocycles. The van der Waals surface area contributed by atoms with E-state index in [1.54, 1.807) is 23.8 Å². The third-order valence-corrected chi connectivity index (χ3v) is 9.69. The Kier molecular flexibility index (Phi) is 46.4. The quantitative estimate of drug-likeness (QED) is 0.0307. The van der Waals surface area contributed by atoms with E-state index in [4.69, 9.17) is 98.7 Å². The highest BCUT2D eigenvalue weighted by Crippen LogP contribution is 2.16. The molecule has 39 heteroatoms. The summed E-state index contributed by atoms with van der Waals surface area (Å²) in [5.74, 6) is -1.64. The number of carboxylic acid groups (broad SMARTS) is 3. The second kappa shape index (κ2) is 46.0. The third-order valence-electron chi connectivity index (χ3n) is 8.44. The van der Waals surface area contributed by atoms with Gasteiger partial charge in [0.15, 0.2) is 47.7 Å². The van der Waals surface area contributed by atoms with Crippen LogP contribution in [0.1, 0.15) is 53.9 Å². The summed E-state index contributed by atoms with van der Waals surface area (Å²) in [6, 6.07) is -0.0949. The van der Waals surface area contributed by atoms with Crippen molar-refractivity contribution in [3.05, 3.63) is 0 Å². The van der Waals surface area contributed by atoms with Crippen LogP contribution in [0, 0.1) is 16.2 Å². The number of rotatable bonds is 20. The van der Waals surface area contributed by atoms with Gasteiger partial charge in [-0.25, -0.2) is 0 Å². The first-order chi connectivity index (χ1) is 35.9. The molecule has 28 N–H and O–H groups in total. The van der Waals surface area contributed by atoms with Gasteiger partial charge in [-0.2, -0.15) is 9.79 Å². The predicted molar refractivity (Wildman–Crippen MR) is 297 cm³/mol. The Morgan fingerprint density at radius 2 is 1.08 bits per heavy atom. The van der Waals surface area contributed by atoms with Gasteiger partial charge in [-0.15, -0.1) is 0 Å². The van der Waals surface area contributed by atoms with E-state index in [0.29, 0.717) is 70.1 Å². The summed E-state index contributed by atoms with van der Waals surface area (Å²) in [6.45, 7) is 13.7. The van der Waals surface area contributed by atoms with Crippen LogP contribution < -0.4 is 57.3 Å². The van der Waals surface area contributed by atoms with E-state index in [-0.39, 0.29) is 105 Å². The molecule has 0 fully saturated rings. The predicted octanol–water partition coefficient (Wildman–Crippen LogP) is -5.84. The van der Waals surface area contributed by atoms with Gasteiger partial charge >= 0.3 is 34.0 Å². The van der Waals surface area contributed by atoms with Crippen molar-refractivity contribution < 1.29 is 63.0 Å². The average molecular weight is 1160 g/mol. The lowest BCUT2D eigenvalue weighted by molar-refractivity contribution is -0.138. The van der Waals surface area contributed by atoms with E-state index >= 15 is 0 Å². The molecule has 3 unspecified atom stereocenters. The summed E-state index contributed by atoms with van der Waals surface area (Å²) >= 11 is 0. The van der Waals surface area contributed by atoms with Crippen molar-refractivity contribution in [1.82, 2.24) is 29.4 Å². The average Bonchev–Trinajstić information content (AvgIpc) is 4.01. The highest BCUT2D eigenvalue weighted by atomic mass is 31.1. The minimum absolute atomic E-state index is 0.00713. The number of carbonyl (C=O) groups excluding carboxylic acids is 3. The molecule has 37 nitrogen and oxygen atoms in total. The maximum Gasteiger partial charge on any atom is 0.527 e. The molecule has 0 radical (unpaired) electrons. The number of ketones is 3. The molecule has 3 rings (SSSR count). The van der Waals surface area contributed by atoms with Gasteiger partial charge in [-0.05, 0) is 43.7 Å². The summed E-state index contributed by atoms with van der Waals surface area (Å²) in [5, 5.41) is 45.4. The molecule has 3 atom stereocenters. The van der Waals surface area contributed by atoms with Gasteiger partial charge < -0.3 is 97.2 Å². The van der Waals surface area contributed by atoms with E-state index in [1.165, 1.54) is 47.4 Å². The molecular formula is C39H84N24O13P2+2. The maximum atomic E-state index is 10.5. The molecule has 0 saturated heterocycles. The van der Waals surface area contributed by atoms with Crippen LogP contribution in [0.3, 0.4) is 0 Å². The number of likely N-dealkylation sites (N-methyl/N-ethyl adjacent to an activating group) is 2. The molecule has 78 heavy (non-hydrogen) atoms. The van der Waals surface area contributed by atoms with E-state index < -0.39 is 34.0 Å². The van der Waals surface area contributed by atoms with Gasteiger partial charge in [-0.1, -0.05) is 0 Å². The zero-order valence-electron chi connectivity index (χ0n) is 45.2. The SMILES string of the molecule is CC(=O)CC(C)N=C(N)N.CC(=O)CN(C)C(=N)N.CCN(CC(C)=O)C(=N)N.CN(C[P+](=O)O)C(=N)N.NC(N)=NCCC(=O)O.NC1=NCCN1CC(=O)O.NC1=NCCN1CCC(=O)O.NC1=NCCN1C[P+](=O)O. The van der Waals surface area contributed by atoms with Crippen LogP contribution in [0.15, 0.2) is 25.0 Å². The lowest BCUT2D eigenvalue weighted by Crippen LogP contribution is -2.39. The second-order valence-corrected chi connectivity index (χ2v) is 17.8. The van der Waals surface area contributed by atoms with Crippen LogP contribution in [0.4, 0.5) is 0 Å². The number of carbonyl (C=O) groups is 6. The largest absolute Gasteiger partial charge is 0.527 e. The number of aliphatic imine (C=N–C) groups is 5. The fraction of sp³-hybridized carbons (Fsp3) is 0.641. The number of Topliss-reactive ketones (excluding diaryl/α,β-unsaturated/α-hetero) is 3. The van der Waals surface area contributed by atoms with Crippen LogP contribution in [0.25, 0.3) is 0 Å². The van der Waals surface area contributed by atoms with Crippen LogP contribution in [-0.2, 0) is 37.9 Å². The molecule has 0 spiro atoms. The Balaban J connectivity index is -0.000000261. The molecule has 0 aromatic carbocycles. The zero-order chi connectivity index (χ0) is 61.8. The number of hydrogen-bond donors (Lipinski definition) is 18. The minimum atomic E-state index is -2.22. The molecule has 3 heterocycles. The number of nitrogens with two attached hydrogens (primary N) is 10. The molecule has 3 aliphatic heterocycles. The van der Waals surface area contributed by atoms with Crippen molar-refractivity contribution >= 4 is 99.0 Å². The first kappa shape index (κ1) is 78.6. The summed E-state index contributed by atoms with van der Waals surface area (Å²) < 4.78 is 20.4. The van der Waals surface area contributed by atoms with Crippen LogP contribution in [0.5, 0.6) is 0 Å². The van der Waals surface area contributed by atoms with Gasteiger partial charge in [-0.3, -0.25) is 74.9 Å². The standard InChI is InChI=1S/C6H11N3O2.2C6H13N3O.C5H9N3O2.C5H11N3O.C4H8N3O2P.C4H9N3O2.C3H8N3O2P/c7-6-8-2-4-9(6)3-1-5(10)11;1-4(3-5(2)10)9-6(7)8;1-3-9(6(7)8)4-5(2)10;6-5-7-1-2-8(5)3-4(9)10;1-4(9)3-8(2)5(6)7;5-4-6-1-2-7(4)3-10(8)9;5-4(6)7-2-1-3(8)9;1-6(3(4)5)2-9(7)8/h1-4H2,(H2,7,8)(H,10,11);4H,3H2,1-2H3,(H4,7,8,9);3-4H2,1-2H3,(H3,7,8);1-3H2,(H2,6,7)(H,9,10);3H2,1-2H3,(H3,6,7);1-3H2,(H2-,5,6,8,9);1-2H2,(H,8,9)(H4,5,6,7);2H2,1H3,(H3-,4,5,7,8)/p+2. The van der Waals surface area contributed by atoms with Crippen molar-refractivity contribution in [2.24, 2.45) is 82.3 Å². The number of aliphatic carboxylic acids is 3. The highest BCUT2D eigenvalue weighted by Gasteiger charge is 2.23. The monoisotopic (exact) mass is 1160 g/mol. The fourth-order valence-electron chi connectivity index (χ4n) is 4.88. The number of guanidine groups is 8. The van der Waals surface area contributed by atoms with Crippen molar-refractivity contribution in [2.45, 2.75) is 59.9 Å². The first-order valence-corrected chi connectivity index (χ1v) is 25.6. The van der Waals surface area contributed by atoms with E-state index in [9.17, 15) is 37.9 Å². The molecule has 446 valence electrons. The van der Waals surface area contributed by atoms with Crippen molar-refractivity contribution in [2.75, 3.05) is 105 Å². The molecule has 0 amide bonds. The Labute approximate surface area is 454 Å². The molecule has 0 aromatic rings. The van der Waals surface area contributed by atoms with Crippen LogP contribution in [-0.4, -0.2) is 249 Å². The molecule has 0 saturated carbocycles.